The molecule has 114 valence electrons. The molecule has 3 nitrogen and oxygen atoms in total. The molecule has 0 bridgehead atoms. The van der Waals surface area contributed by atoms with Crippen molar-refractivity contribution < 1.29 is 4.79 Å². The van der Waals surface area contributed by atoms with Crippen LogP contribution in [-0.2, 0) is 11.2 Å². The second kappa shape index (κ2) is 6.61. The minimum atomic E-state index is -0.134. The molecule has 2 rings (SSSR count). The van der Waals surface area contributed by atoms with Gasteiger partial charge in [0, 0.05) is 6.20 Å². The lowest BCUT2D eigenvalue weighted by Gasteiger charge is -2.06. The van der Waals surface area contributed by atoms with E-state index in [0.717, 1.165) is 24.8 Å². The highest BCUT2D eigenvalue weighted by Crippen LogP contribution is 2.53. The van der Waals surface area contributed by atoms with Crippen molar-refractivity contribution in [2.24, 2.45) is 11.3 Å². The Hall–Kier alpha value is -1.35. The molecule has 21 heavy (non-hydrogen) atoms. The second-order valence-corrected chi connectivity index (χ2v) is 6.84. The fraction of sp³-hybridized carbons (Fsp3) is 0.529. The molecule has 1 aliphatic carbocycles. The number of carbonyl (C=O) groups is 1. The van der Waals surface area contributed by atoms with E-state index in [1.807, 2.05) is 12.1 Å². The summed E-state index contributed by atoms with van der Waals surface area (Å²) < 4.78 is 0. The van der Waals surface area contributed by atoms with Gasteiger partial charge >= 0.3 is 0 Å². The Labute approximate surface area is 131 Å². The van der Waals surface area contributed by atoms with Gasteiger partial charge in [0.1, 0.15) is 5.82 Å². The van der Waals surface area contributed by atoms with E-state index >= 15 is 0 Å². The van der Waals surface area contributed by atoms with Crippen LogP contribution in [0.3, 0.4) is 0 Å². The van der Waals surface area contributed by atoms with Crippen LogP contribution in [0.25, 0.3) is 0 Å². The quantitative estimate of drug-likeness (QED) is 0.779. The van der Waals surface area contributed by atoms with Crippen molar-refractivity contribution in [3.05, 3.63) is 35.0 Å². The molecule has 1 N–H and O–H groups in total. The van der Waals surface area contributed by atoms with Crippen molar-refractivity contribution in [1.29, 1.82) is 0 Å². The molecule has 0 spiro atoms. The van der Waals surface area contributed by atoms with Gasteiger partial charge in [-0.1, -0.05) is 44.9 Å². The predicted octanol–water partition coefficient (Wildman–Crippen LogP) is 4.62. The normalized spacial score (nSPS) is 19.7. The number of aromatic nitrogens is 1. The van der Waals surface area contributed by atoms with Gasteiger partial charge in [0.25, 0.3) is 0 Å². The van der Waals surface area contributed by atoms with Gasteiger partial charge in [-0.2, -0.15) is 0 Å². The Morgan fingerprint density at radius 3 is 2.90 bits per heavy atom. The van der Waals surface area contributed by atoms with Gasteiger partial charge in [-0.05, 0) is 48.3 Å². The molecule has 0 aromatic carbocycles. The van der Waals surface area contributed by atoms with Crippen LogP contribution >= 0.6 is 11.6 Å². The standard InChI is InChI=1S/C17H23ClN2O/c1-4-6-12-9-15(19-11-14(12)18)20-16(21)8-5-7-13-10-17(13,2)3/h5,8-9,11,13H,4,6-7,10H2,1-3H3,(H,19,20,21)/b8-5+. The average molecular weight is 307 g/mol. The van der Waals surface area contributed by atoms with Crippen LogP contribution in [0.4, 0.5) is 5.82 Å². The number of carbonyl (C=O) groups excluding carboxylic acids is 1. The first-order valence-electron chi connectivity index (χ1n) is 7.54. The third-order valence-corrected chi connectivity index (χ3v) is 4.45. The van der Waals surface area contributed by atoms with E-state index in [-0.39, 0.29) is 5.91 Å². The number of allylic oxidation sites excluding steroid dienone is 1. The van der Waals surface area contributed by atoms with Gasteiger partial charge in [-0.25, -0.2) is 4.98 Å². The highest BCUT2D eigenvalue weighted by molar-refractivity contribution is 6.31. The molecular formula is C17H23ClN2O. The maximum atomic E-state index is 11.9. The minimum Gasteiger partial charge on any atom is -0.307 e. The molecule has 1 unspecified atom stereocenters. The summed E-state index contributed by atoms with van der Waals surface area (Å²) in [5.74, 6) is 1.14. The van der Waals surface area contributed by atoms with Crippen LogP contribution in [0.15, 0.2) is 24.4 Å². The molecule has 0 saturated heterocycles. The molecule has 1 amide bonds. The van der Waals surface area contributed by atoms with Crippen LogP contribution in [0.1, 0.15) is 45.6 Å². The number of anilines is 1. The van der Waals surface area contributed by atoms with E-state index in [1.54, 1.807) is 12.3 Å². The SMILES string of the molecule is CCCc1cc(NC(=O)/C=C/CC2CC2(C)C)ncc1Cl. The molecule has 0 radical (unpaired) electrons. The smallest absolute Gasteiger partial charge is 0.249 e. The summed E-state index contributed by atoms with van der Waals surface area (Å²) in [6.07, 6.45) is 9.26. The molecule has 4 heteroatoms. The molecule has 1 heterocycles. The van der Waals surface area contributed by atoms with E-state index in [9.17, 15) is 4.79 Å². The Morgan fingerprint density at radius 1 is 1.57 bits per heavy atom. The molecular weight excluding hydrogens is 284 g/mol. The zero-order chi connectivity index (χ0) is 15.5. The Bertz CT molecular complexity index is 552. The largest absolute Gasteiger partial charge is 0.307 e. The lowest BCUT2D eigenvalue weighted by Crippen LogP contribution is -2.09. The van der Waals surface area contributed by atoms with E-state index in [0.29, 0.717) is 22.2 Å². The van der Waals surface area contributed by atoms with Gasteiger partial charge in [-0.3, -0.25) is 4.79 Å². The number of pyridine rings is 1. The van der Waals surface area contributed by atoms with Gasteiger partial charge in [0.05, 0.1) is 5.02 Å². The van der Waals surface area contributed by atoms with Crippen molar-refractivity contribution in [2.45, 2.75) is 46.5 Å². The Morgan fingerprint density at radius 2 is 2.29 bits per heavy atom. The van der Waals surface area contributed by atoms with E-state index < -0.39 is 0 Å². The van der Waals surface area contributed by atoms with E-state index in [4.69, 9.17) is 11.6 Å². The summed E-state index contributed by atoms with van der Waals surface area (Å²) in [5, 5.41) is 3.44. The molecule has 0 aliphatic heterocycles. The third-order valence-electron chi connectivity index (χ3n) is 4.11. The number of hydrogen-bond donors (Lipinski definition) is 1. The summed E-state index contributed by atoms with van der Waals surface area (Å²) in [6, 6.07) is 1.85. The monoisotopic (exact) mass is 306 g/mol. The fourth-order valence-corrected chi connectivity index (χ4v) is 2.69. The summed E-state index contributed by atoms with van der Waals surface area (Å²) in [4.78, 5) is 16.0. The first-order valence-corrected chi connectivity index (χ1v) is 7.92. The van der Waals surface area contributed by atoms with Crippen LogP contribution in [0.2, 0.25) is 5.02 Å². The van der Waals surface area contributed by atoms with E-state index in [1.165, 1.54) is 6.42 Å². The van der Waals surface area contributed by atoms with Crippen molar-refractivity contribution in [3.8, 4) is 0 Å². The molecule has 1 aromatic heterocycles. The second-order valence-electron chi connectivity index (χ2n) is 6.43. The highest BCUT2D eigenvalue weighted by Gasteiger charge is 2.44. The van der Waals surface area contributed by atoms with Crippen molar-refractivity contribution in [1.82, 2.24) is 4.98 Å². The lowest BCUT2D eigenvalue weighted by molar-refractivity contribution is -0.111. The van der Waals surface area contributed by atoms with Crippen molar-refractivity contribution >= 4 is 23.3 Å². The maximum Gasteiger partial charge on any atom is 0.249 e. The molecule has 1 fully saturated rings. The molecule has 1 atom stereocenters. The summed E-state index contributed by atoms with van der Waals surface area (Å²) in [5.41, 5.74) is 1.47. The topological polar surface area (TPSA) is 42.0 Å². The Kier molecular flexibility index (Phi) is 5.04. The third kappa shape index (κ3) is 4.57. The summed E-state index contributed by atoms with van der Waals surface area (Å²) >= 11 is 6.07. The van der Waals surface area contributed by atoms with E-state index in [2.05, 4.69) is 31.1 Å². The lowest BCUT2D eigenvalue weighted by atomic mass is 10.1. The zero-order valence-electron chi connectivity index (χ0n) is 12.9. The van der Waals surface area contributed by atoms with Crippen LogP contribution in [-0.4, -0.2) is 10.9 Å². The fourth-order valence-electron chi connectivity index (χ4n) is 2.50. The molecule has 1 aromatic rings. The first kappa shape index (κ1) is 16.0. The number of amides is 1. The number of nitrogens with one attached hydrogen (secondary N) is 1. The van der Waals surface area contributed by atoms with Crippen LogP contribution < -0.4 is 5.32 Å². The number of nitrogens with zero attached hydrogens (tertiary/aromatic N) is 1. The van der Waals surface area contributed by atoms with Crippen LogP contribution in [0.5, 0.6) is 0 Å². The van der Waals surface area contributed by atoms with Gasteiger partial charge in [0.2, 0.25) is 5.91 Å². The number of rotatable bonds is 6. The van der Waals surface area contributed by atoms with Crippen LogP contribution in [0, 0.1) is 11.3 Å². The molecule has 1 aliphatic rings. The van der Waals surface area contributed by atoms with Gasteiger partial charge in [-0.15, -0.1) is 0 Å². The number of halogens is 1. The maximum absolute atomic E-state index is 11.9. The van der Waals surface area contributed by atoms with Gasteiger partial charge < -0.3 is 5.32 Å². The van der Waals surface area contributed by atoms with Crippen molar-refractivity contribution in [2.75, 3.05) is 5.32 Å². The summed E-state index contributed by atoms with van der Waals surface area (Å²) in [7, 11) is 0. The van der Waals surface area contributed by atoms with Crippen molar-refractivity contribution in [3.63, 3.8) is 0 Å². The highest BCUT2D eigenvalue weighted by atomic mass is 35.5. The Balaban J connectivity index is 1.87. The number of hydrogen-bond acceptors (Lipinski definition) is 2. The molecule has 1 saturated carbocycles. The summed E-state index contributed by atoms with van der Waals surface area (Å²) in [6.45, 7) is 6.62. The number of aryl methyl sites for hydroxylation is 1. The van der Waals surface area contributed by atoms with Gasteiger partial charge in [0.15, 0.2) is 0 Å². The first-order chi connectivity index (χ1) is 9.92. The zero-order valence-corrected chi connectivity index (χ0v) is 13.7. The minimum absolute atomic E-state index is 0.134. The average Bonchev–Trinajstić information content (AvgIpc) is 3.01. The predicted molar refractivity (Wildman–Crippen MR) is 87.5 cm³/mol.